The molecule has 0 aliphatic heterocycles. The van der Waals surface area contributed by atoms with Crippen molar-refractivity contribution in [3.63, 3.8) is 0 Å². The average molecular weight is 288 g/mol. The van der Waals surface area contributed by atoms with Gasteiger partial charge in [-0.1, -0.05) is 31.8 Å². The van der Waals surface area contributed by atoms with Gasteiger partial charge in [0, 0.05) is 30.6 Å². The van der Waals surface area contributed by atoms with Gasteiger partial charge >= 0.3 is 0 Å². The lowest BCUT2D eigenvalue weighted by Crippen LogP contribution is -2.34. The summed E-state index contributed by atoms with van der Waals surface area (Å²) in [4.78, 5) is 14.3. The first-order valence-corrected chi connectivity index (χ1v) is 7.41. The van der Waals surface area contributed by atoms with E-state index in [0.29, 0.717) is 18.5 Å². The first kappa shape index (κ1) is 17.2. The highest BCUT2D eigenvalue weighted by Gasteiger charge is 2.06. The summed E-state index contributed by atoms with van der Waals surface area (Å²) in [5, 5.41) is 11.6. The van der Waals surface area contributed by atoms with E-state index in [1.807, 2.05) is 12.1 Å². The van der Waals surface area contributed by atoms with Gasteiger partial charge in [-0.05, 0) is 31.3 Å². The summed E-state index contributed by atoms with van der Waals surface area (Å²) >= 11 is 0. The number of nitrogens with zero attached hydrogens (tertiary/aromatic N) is 1. The third-order valence-corrected chi connectivity index (χ3v) is 3.20. The van der Waals surface area contributed by atoms with Crippen LogP contribution in [0.1, 0.15) is 36.2 Å². The Morgan fingerprint density at radius 3 is 2.76 bits per heavy atom. The van der Waals surface area contributed by atoms with Crippen LogP contribution in [-0.4, -0.2) is 48.7 Å². The van der Waals surface area contributed by atoms with Crippen molar-refractivity contribution in [2.45, 2.75) is 20.3 Å². The van der Waals surface area contributed by atoms with Crippen molar-refractivity contribution in [3.05, 3.63) is 35.4 Å². The number of likely N-dealkylation sites (N-methyl/N-ethyl adjacent to an activating group) is 1. The average Bonchev–Trinajstić information content (AvgIpc) is 2.52. The number of nitrogens with one attached hydrogen (secondary N) is 1. The molecule has 0 bridgehead atoms. The standard InChI is InChI=1S/C17H24N2O2/c1-3-19(4-2)12-11-18-17(21)16-10-7-9-15(14-16)8-5-6-13-20/h7,9-10,14,20H,3-4,6,11-13H2,1-2H3,(H,18,21). The van der Waals surface area contributed by atoms with Crippen LogP contribution in [0.5, 0.6) is 0 Å². The minimum Gasteiger partial charge on any atom is -0.395 e. The van der Waals surface area contributed by atoms with Gasteiger partial charge in [-0.15, -0.1) is 0 Å². The molecule has 0 saturated heterocycles. The van der Waals surface area contributed by atoms with Gasteiger partial charge in [0.15, 0.2) is 0 Å². The van der Waals surface area contributed by atoms with Gasteiger partial charge in [0.1, 0.15) is 0 Å². The molecule has 0 unspecified atom stereocenters. The van der Waals surface area contributed by atoms with Crippen LogP contribution in [0.3, 0.4) is 0 Å². The highest BCUT2D eigenvalue weighted by molar-refractivity contribution is 5.94. The summed E-state index contributed by atoms with van der Waals surface area (Å²) < 4.78 is 0. The molecule has 1 rings (SSSR count). The molecule has 4 nitrogen and oxygen atoms in total. The summed E-state index contributed by atoms with van der Waals surface area (Å²) in [7, 11) is 0. The summed E-state index contributed by atoms with van der Waals surface area (Å²) in [5.74, 6) is 5.71. The minimum absolute atomic E-state index is 0.0541. The lowest BCUT2D eigenvalue weighted by molar-refractivity contribution is 0.0949. The van der Waals surface area contributed by atoms with E-state index in [0.717, 1.165) is 25.2 Å². The van der Waals surface area contributed by atoms with E-state index < -0.39 is 0 Å². The van der Waals surface area contributed by atoms with E-state index in [-0.39, 0.29) is 12.5 Å². The maximum Gasteiger partial charge on any atom is 0.251 e. The number of hydrogen-bond donors (Lipinski definition) is 2. The molecule has 1 aromatic carbocycles. The van der Waals surface area contributed by atoms with Gasteiger partial charge in [-0.3, -0.25) is 4.79 Å². The maximum absolute atomic E-state index is 12.1. The molecule has 0 saturated carbocycles. The van der Waals surface area contributed by atoms with E-state index in [1.54, 1.807) is 12.1 Å². The molecule has 21 heavy (non-hydrogen) atoms. The van der Waals surface area contributed by atoms with Crippen LogP contribution in [0, 0.1) is 11.8 Å². The number of aliphatic hydroxyl groups excluding tert-OH is 1. The van der Waals surface area contributed by atoms with Gasteiger partial charge in [-0.25, -0.2) is 0 Å². The van der Waals surface area contributed by atoms with Crippen molar-refractivity contribution in [1.29, 1.82) is 0 Å². The molecule has 1 aromatic rings. The molecule has 114 valence electrons. The van der Waals surface area contributed by atoms with Crippen molar-refractivity contribution in [3.8, 4) is 11.8 Å². The van der Waals surface area contributed by atoms with Gasteiger partial charge in [0.05, 0.1) is 6.61 Å². The Morgan fingerprint density at radius 1 is 1.33 bits per heavy atom. The quantitative estimate of drug-likeness (QED) is 0.748. The van der Waals surface area contributed by atoms with E-state index in [4.69, 9.17) is 5.11 Å². The molecule has 0 aliphatic rings. The summed E-state index contributed by atoms with van der Waals surface area (Å²) in [6.45, 7) is 7.75. The Kier molecular flexibility index (Phi) is 8.18. The zero-order valence-electron chi connectivity index (χ0n) is 12.9. The summed E-state index contributed by atoms with van der Waals surface area (Å²) in [6, 6.07) is 7.24. The molecule has 0 aliphatic carbocycles. The second kappa shape index (κ2) is 9.98. The fraction of sp³-hybridized carbons (Fsp3) is 0.471. The van der Waals surface area contributed by atoms with Gasteiger partial charge in [0.2, 0.25) is 0 Å². The predicted octanol–water partition coefficient (Wildman–Crippen LogP) is 1.49. The number of rotatable bonds is 7. The molecule has 1 amide bonds. The Hall–Kier alpha value is -1.83. The molecule has 0 fully saturated rings. The third kappa shape index (κ3) is 6.44. The van der Waals surface area contributed by atoms with Crippen molar-refractivity contribution in [1.82, 2.24) is 10.2 Å². The smallest absolute Gasteiger partial charge is 0.251 e. The van der Waals surface area contributed by atoms with Crippen LogP contribution in [-0.2, 0) is 0 Å². The molecule has 0 aromatic heterocycles. The number of hydrogen-bond acceptors (Lipinski definition) is 3. The van der Waals surface area contributed by atoms with Crippen LogP contribution in [0.2, 0.25) is 0 Å². The molecular formula is C17H24N2O2. The molecule has 0 atom stereocenters. The Bertz CT molecular complexity index is 499. The second-order valence-corrected chi connectivity index (χ2v) is 4.64. The number of aliphatic hydroxyl groups is 1. The highest BCUT2D eigenvalue weighted by Crippen LogP contribution is 2.04. The summed E-state index contributed by atoms with van der Waals surface area (Å²) in [5.41, 5.74) is 1.41. The molecule has 0 spiro atoms. The van der Waals surface area contributed by atoms with Gasteiger partial charge < -0.3 is 15.3 Å². The van der Waals surface area contributed by atoms with Crippen molar-refractivity contribution < 1.29 is 9.90 Å². The van der Waals surface area contributed by atoms with Crippen LogP contribution < -0.4 is 5.32 Å². The van der Waals surface area contributed by atoms with E-state index in [1.165, 1.54) is 0 Å². The summed E-state index contributed by atoms with van der Waals surface area (Å²) in [6.07, 6.45) is 0.445. The Labute approximate surface area is 127 Å². The van der Waals surface area contributed by atoms with E-state index in [9.17, 15) is 4.79 Å². The monoisotopic (exact) mass is 288 g/mol. The fourth-order valence-electron chi connectivity index (χ4n) is 1.93. The van der Waals surface area contributed by atoms with Crippen molar-refractivity contribution >= 4 is 5.91 Å². The minimum atomic E-state index is -0.0760. The van der Waals surface area contributed by atoms with Gasteiger partial charge in [-0.2, -0.15) is 0 Å². The van der Waals surface area contributed by atoms with Crippen LogP contribution in [0.15, 0.2) is 24.3 Å². The Balaban J connectivity index is 2.55. The third-order valence-electron chi connectivity index (χ3n) is 3.20. The van der Waals surface area contributed by atoms with Gasteiger partial charge in [0.25, 0.3) is 5.91 Å². The van der Waals surface area contributed by atoms with E-state index in [2.05, 4.69) is 35.9 Å². The lowest BCUT2D eigenvalue weighted by atomic mass is 10.1. The molecule has 0 heterocycles. The van der Waals surface area contributed by atoms with Crippen LogP contribution in [0.25, 0.3) is 0 Å². The molecule has 4 heteroatoms. The molecular weight excluding hydrogens is 264 g/mol. The SMILES string of the molecule is CCN(CC)CCNC(=O)c1cccc(C#CCCO)c1. The van der Waals surface area contributed by atoms with E-state index >= 15 is 0 Å². The highest BCUT2D eigenvalue weighted by atomic mass is 16.2. The number of carbonyl (C=O) groups excluding carboxylic acids is 1. The molecule has 0 radical (unpaired) electrons. The Morgan fingerprint density at radius 2 is 2.10 bits per heavy atom. The molecule has 2 N–H and O–H groups in total. The second-order valence-electron chi connectivity index (χ2n) is 4.64. The first-order chi connectivity index (χ1) is 10.2. The lowest BCUT2D eigenvalue weighted by Gasteiger charge is -2.17. The normalized spacial score (nSPS) is 10.1. The number of benzene rings is 1. The first-order valence-electron chi connectivity index (χ1n) is 7.41. The zero-order valence-corrected chi connectivity index (χ0v) is 12.9. The number of carbonyl (C=O) groups is 1. The van der Waals surface area contributed by atoms with Crippen LogP contribution in [0.4, 0.5) is 0 Å². The fourth-order valence-corrected chi connectivity index (χ4v) is 1.93. The largest absolute Gasteiger partial charge is 0.395 e. The van der Waals surface area contributed by atoms with Crippen molar-refractivity contribution in [2.75, 3.05) is 32.8 Å². The number of amides is 1. The maximum atomic E-state index is 12.1. The topological polar surface area (TPSA) is 52.6 Å². The van der Waals surface area contributed by atoms with Crippen LogP contribution >= 0.6 is 0 Å². The predicted molar refractivity (Wildman–Crippen MR) is 85.1 cm³/mol. The van der Waals surface area contributed by atoms with Crippen molar-refractivity contribution in [2.24, 2.45) is 0 Å². The zero-order chi connectivity index (χ0) is 15.5.